The first-order chi connectivity index (χ1) is 9.67. The molecule has 1 aliphatic rings. The minimum atomic E-state index is -0.718. The lowest BCUT2D eigenvalue weighted by Crippen LogP contribution is -2.33. The van der Waals surface area contributed by atoms with Gasteiger partial charge in [-0.25, -0.2) is 0 Å². The third-order valence-electron chi connectivity index (χ3n) is 4.13. The van der Waals surface area contributed by atoms with Gasteiger partial charge in [-0.2, -0.15) is 0 Å². The van der Waals surface area contributed by atoms with E-state index in [1.807, 2.05) is 12.1 Å². The van der Waals surface area contributed by atoms with Crippen LogP contribution in [0, 0.1) is 6.92 Å². The van der Waals surface area contributed by atoms with E-state index < -0.39 is 5.60 Å². The van der Waals surface area contributed by atoms with Gasteiger partial charge in [0.15, 0.2) is 0 Å². The first kappa shape index (κ1) is 13.3. The van der Waals surface area contributed by atoms with Crippen LogP contribution in [0.1, 0.15) is 24.0 Å². The van der Waals surface area contributed by atoms with Crippen LogP contribution >= 0.6 is 0 Å². The molecule has 0 aromatic heterocycles. The maximum atomic E-state index is 10.7. The molecule has 0 bridgehead atoms. The lowest BCUT2D eigenvalue weighted by molar-refractivity contribution is -0.0679. The number of hydrogen-bond acceptors (Lipinski definition) is 2. The van der Waals surface area contributed by atoms with E-state index in [4.69, 9.17) is 4.74 Å². The summed E-state index contributed by atoms with van der Waals surface area (Å²) >= 11 is 0. The summed E-state index contributed by atoms with van der Waals surface area (Å²) in [4.78, 5) is 0. The van der Waals surface area contributed by atoms with Crippen molar-refractivity contribution in [2.24, 2.45) is 0 Å². The van der Waals surface area contributed by atoms with Gasteiger partial charge in [-0.15, -0.1) is 0 Å². The molecule has 20 heavy (non-hydrogen) atoms. The summed E-state index contributed by atoms with van der Waals surface area (Å²) in [7, 11) is 0. The highest BCUT2D eigenvalue weighted by atomic mass is 16.5. The fraction of sp³-hybridized carbons (Fsp3) is 0.333. The van der Waals surface area contributed by atoms with Crippen molar-refractivity contribution in [2.75, 3.05) is 13.2 Å². The maximum Gasteiger partial charge on any atom is 0.0940 e. The summed E-state index contributed by atoms with van der Waals surface area (Å²) in [6, 6.07) is 16.8. The standard InChI is InChI=1S/C18H20O2/c1-14-2-4-15(5-3-14)16-6-8-17(9-7-16)18(19)10-12-20-13-11-18/h2-9,19H,10-13H2,1H3. The topological polar surface area (TPSA) is 29.5 Å². The van der Waals surface area contributed by atoms with Gasteiger partial charge in [0.2, 0.25) is 0 Å². The van der Waals surface area contributed by atoms with Crippen molar-refractivity contribution in [1.82, 2.24) is 0 Å². The zero-order valence-electron chi connectivity index (χ0n) is 11.8. The Morgan fingerprint density at radius 2 is 1.35 bits per heavy atom. The SMILES string of the molecule is Cc1ccc(-c2ccc(C3(O)CCOCC3)cc2)cc1. The van der Waals surface area contributed by atoms with Crippen molar-refractivity contribution in [3.8, 4) is 11.1 Å². The van der Waals surface area contributed by atoms with Gasteiger partial charge in [-0.3, -0.25) is 0 Å². The Bertz CT molecular complexity index is 563. The summed E-state index contributed by atoms with van der Waals surface area (Å²) < 4.78 is 5.33. The summed E-state index contributed by atoms with van der Waals surface area (Å²) in [6.07, 6.45) is 1.35. The molecule has 1 heterocycles. The molecule has 1 N–H and O–H groups in total. The predicted molar refractivity (Wildman–Crippen MR) is 80.6 cm³/mol. The number of hydrogen-bond donors (Lipinski definition) is 1. The van der Waals surface area contributed by atoms with Crippen LogP contribution in [0.15, 0.2) is 48.5 Å². The lowest BCUT2D eigenvalue weighted by atomic mass is 9.86. The van der Waals surface area contributed by atoms with Crippen molar-refractivity contribution in [1.29, 1.82) is 0 Å². The van der Waals surface area contributed by atoms with E-state index in [1.165, 1.54) is 16.7 Å². The highest BCUT2D eigenvalue weighted by Crippen LogP contribution is 2.33. The van der Waals surface area contributed by atoms with Crippen molar-refractivity contribution >= 4 is 0 Å². The molecule has 0 atom stereocenters. The van der Waals surface area contributed by atoms with Gasteiger partial charge in [-0.1, -0.05) is 54.1 Å². The third kappa shape index (κ3) is 2.62. The Hall–Kier alpha value is -1.64. The molecule has 3 rings (SSSR count). The molecule has 2 nitrogen and oxygen atoms in total. The van der Waals surface area contributed by atoms with Crippen LogP contribution in [0.2, 0.25) is 0 Å². The average molecular weight is 268 g/mol. The summed E-state index contributed by atoms with van der Waals surface area (Å²) in [5.74, 6) is 0. The Balaban J connectivity index is 1.85. The molecule has 2 aromatic rings. The molecule has 104 valence electrons. The van der Waals surface area contributed by atoms with Crippen molar-refractivity contribution in [3.63, 3.8) is 0 Å². The van der Waals surface area contributed by atoms with Crippen LogP contribution < -0.4 is 0 Å². The van der Waals surface area contributed by atoms with E-state index in [0.29, 0.717) is 26.1 Å². The first-order valence-corrected chi connectivity index (χ1v) is 7.15. The van der Waals surface area contributed by atoms with Crippen LogP contribution in [0.3, 0.4) is 0 Å². The van der Waals surface area contributed by atoms with Crippen molar-refractivity contribution < 1.29 is 9.84 Å². The van der Waals surface area contributed by atoms with Gasteiger partial charge in [0.25, 0.3) is 0 Å². The first-order valence-electron chi connectivity index (χ1n) is 7.15. The van der Waals surface area contributed by atoms with Crippen LogP contribution in [0.25, 0.3) is 11.1 Å². The zero-order valence-corrected chi connectivity index (χ0v) is 11.8. The highest BCUT2D eigenvalue weighted by molar-refractivity contribution is 5.64. The Labute approximate surface area is 120 Å². The molecule has 0 amide bonds. The highest BCUT2D eigenvalue weighted by Gasteiger charge is 2.31. The normalized spacial score (nSPS) is 17.9. The van der Waals surface area contributed by atoms with E-state index >= 15 is 0 Å². The molecular formula is C18H20O2. The van der Waals surface area contributed by atoms with Crippen molar-refractivity contribution in [3.05, 3.63) is 59.7 Å². The lowest BCUT2D eigenvalue weighted by Gasteiger charge is -2.32. The molecule has 2 heteroatoms. The minimum Gasteiger partial charge on any atom is -0.385 e. The van der Waals surface area contributed by atoms with Gasteiger partial charge < -0.3 is 9.84 Å². The third-order valence-corrected chi connectivity index (χ3v) is 4.13. The molecule has 0 aliphatic carbocycles. The molecule has 0 unspecified atom stereocenters. The van der Waals surface area contributed by atoms with E-state index in [0.717, 1.165) is 5.56 Å². The van der Waals surface area contributed by atoms with Gasteiger partial charge in [0.1, 0.15) is 0 Å². The van der Waals surface area contributed by atoms with Crippen LogP contribution in [0.5, 0.6) is 0 Å². The molecular weight excluding hydrogens is 248 g/mol. The van der Waals surface area contributed by atoms with E-state index in [-0.39, 0.29) is 0 Å². The Morgan fingerprint density at radius 1 is 0.850 bits per heavy atom. The second-order valence-corrected chi connectivity index (χ2v) is 5.59. The molecule has 2 aromatic carbocycles. The quantitative estimate of drug-likeness (QED) is 0.900. The second-order valence-electron chi connectivity index (χ2n) is 5.59. The number of aliphatic hydroxyl groups is 1. The second kappa shape index (κ2) is 5.39. The summed E-state index contributed by atoms with van der Waals surface area (Å²) in [5, 5.41) is 10.7. The zero-order chi connectivity index (χ0) is 14.0. The van der Waals surface area contributed by atoms with Gasteiger partial charge in [0, 0.05) is 26.1 Å². The molecule has 0 spiro atoms. The Kier molecular flexibility index (Phi) is 3.60. The molecule has 0 saturated carbocycles. The number of rotatable bonds is 2. The number of ether oxygens (including phenoxy) is 1. The molecule has 0 radical (unpaired) electrons. The average Bonchev–Trinajstić information content (AvgIpc) is 2.49. The largest absolute Gasteiger partial charge is 0.385 e. The Morgan fingerprint density at radius 3 is 1.90 bits per heavy atom. The maximum absolute atomic E-state index is 10.7. The fourth-order valence-corrected chi connectivity index (χ4v) is 2.72. The predicted octanol–water partition coefficient (Wildman–Crippen LogP) is 3.66. The van der Waals surface area contributed by atoms with Crippen LogP contribution in [-0.4, -0.2) is 18.3 Å². The van der Waals surface area contributed by atoms with E-state index in [2.05, 4.69) is 43.3 Å². The molecule has 1 aliphatic heterocycles. The monoisotopic (exact) mass is 268 g/mol. The van der Waals surface area contributed by atoms with Gasteiger partial charge in [0.05, 0.1) is 5.60 Å². The molecule has 1 fully saturated rings. The number of benzene rings is 2. The van der Waals surface area contributed by atoms with E-state index in [1.54, 1.807) is 0 Å². The number of aryl methyl sites for hydroxylation is 1. The molecule has 1 saturated heterocycles. The summed E-state index contributed by atoms with van der Waals surface area (Å²) in [5.41, 5.74) is 3.94. The smallest absolute Gasteiger partial charge is 0.0940 e. The van der Waals surface area contributed by atoms with Gasteiger partial charge >= 0.3 is 0 Å². The van der Waals surface area contributed by atoms with Crippen LogP contribution in [-0.2, 0) is 10.3 Å². The fourth-order valence-electron chi connectivity index (χ4n) is 2.72. The minimum absolute atomic E-state index is 0.635. The van der Waals surface area contributed by atoms with Gasteiger partial charge in [-0.05, 0) is 23.6 Å². The van der Waals surface area contributed by atoms with E-state index in [9.17, 15) is 5.11 Å². The van der Waals surface area contributed by atoms with Crippen molar-refractivity contribution in [2.45, 2.75) is 25.4 Å². The van der Waals surface area contributed by atoms with Crippen LogP contribution in [0.4, 0.5) is 0 Å². The summed E-state index contributed by atoms with van der Waals surface area (Å²) in [6.45, 7) is 3.36.